The SMILES string of the molecule is COc1cc(C(=O)Oc2ccc3c(c2)OCO3)ccc1OCC(=O)Nc1ccc(F)cc1. The minimum atomic E-state index is -0.609. The molecule has 3 aromatic rings. The zero-order valence-electron chi connectivity index (χ0n) is 16.9. The monoisotopic (exact) mass is 439 g/mol. The fourth-order valence-electron chi connectivity index (χ4n) is 2.89. The Morgan fingerprint density at radius 1 is 0.969 bits per heavy atom. The predicted molar refractivity (Wildman–Crippen MR) is 111 cm³/mol. The lowest BCUT2D eigenvalue weighted by molar-refractivity contribution is -0.118. The number of hydrogen-bond donors (Lipinski definition) is 1. The first kappa shape index (κ1) is 21.0. The maximum atomic E-state index is 12.9. The van der Waals surface area contributed by atoms with Crippen LogP contribution in [0.5, 0.6) is 28.7 Å². The Balaban J connectivity index is 1.38. The highest BCUT2D eigenvalue weighted by atomic mass is 19.1. The Bertz CT molecular complexity index is 1150. The molecule has 0 saturated carbocycles. The van der Waals surface area contributed by atoms with E-state index in [2.05, 4.69) is 5.32 Å². The van der Waals surface area contributed by atoms with E-state index < -0.39 is 17.7 Å². The van der Waals surface area contributed by atoms with Crippen LogP contribution in [0.2, 0.25) is 0 Å². The molecule has 1 aliphatic rings. The summed E-state index contributed by atoms with van der Waals surface area (Å²) in [6.45, 7) is -0.192. The molecule has 0 aromatic heterocycles. The number of carbonyl (C=O) groups excluding carboxylic acids is 2. The van der Waals surface area contributed by atoms with Crippen molar-refractivity contribution in [2.75, 3.05) is 25.8 Å². The topological polar surface area (TPSA) is 92.3 Å². The number of anilines is 1. The molecule has 0 radical (unpaired) electrons. The van der Waals surface area contributed by atoms with Crippen molar-refractivity contribution < 1.29 is 37.7 Å². The van der Waals surface area contributed by atoms with Crippen LogP contribution in [0, 0.1) is 5.82 Å². The second-order valence-electron chi connectivity index (χ2n) is 6.61. The maximum absolute atomic E-state index is 12.9. The van der Waals surface area contributed by atoms with Gasteiger partial charge in [-0.1, -0.05) is 0 Å². The summed E-state index contributed by atoms with van der Waals surface area (Å²) in [5, 5.41) is 2.59. The molecular formula is C23H18FNO7. The van der Waals surface area contributed by atoms with Crippen molar-refractivity contribution in [3.8, 4) is 28.7 Å². The highest BCUT2D eigenvalue weighted by molar-refractivity contribution is 5.93. The summed E-state index contributed by atoms with van der Waals surface area (Å²) >= 11 is 0. The van der Waals surface area contributed by atoms with Gasteiger partial charge in [0.15, 0.2) is 29.6 Å². The van der Waals surface area contributed by atoms with Crippen LogP contribution in [0.1, 0.15) is 10.4 Å². The van der Waals surface area contributed by atoms with Gasteiger partial charge in [0.05, 0.1) is 12.7 Å². The molecule has 0 aliphatic carbocycles. The van der Waals surface area contributed by atoms with Gasteiger partial charge in [-0.25, -0.2) is 9.18 Å². The molecule has 1 aliphatic heterocycles. The largest absolute Gasteiger partial charge is 0.493 e. The molecule has 164 valence electrons. The van der Waals surface area contributed by atoms with E-state index in [1.165, 1.54) is 49.6 Å². The molecule has 32 heavy (non-hydrogen) atoms. The summed E-state index contributed by atoms with van der Waals surface area (Å²) in [7, 11) is 1.41. The van der Waals surface area contributed by atoms with Gasteiger partial charge in [0.25, 0.3) is 5.91 Å². The highest BCUT2D eigenvalue weighted by Crippen LogP contribution is 2.35. The van der Waals surface area contributed by atoms with E-state index in [1.54, 1.807) is 18.2 Å². The molecule has 3 aromatic carbocycles. The molecule has 1 N–H and O–H groups in total. The molecule has 1 heterocycles. The first-order chi connectivity index (χ1) is 15.5. The summed E-state index contributed by atoms with van der Waals surface area (Å²) in [5.41, 5.74) is 0.663. The predicted octanol–water partition coefficient (Wildman–Crippen LogP) is 3.80. The number of carbonyl (C=O) groups is 2. The minimum Gasteiger partial charge on any atom is -0.493 e. The molecule has 0 spiro atoms. The Kier molecular flexibility index (Phi) is 6.07. The molecule has 9 heteroatoms. The lowest BCUT2D eigenvalue weighted by Gasteiger charge is -2.12. The van der Waals surface area contributed by atoms with E-state index in [0.717, 1.165) is 0 Å². The Labute approximate surface area is 182 Å². The summed E-state index contributed by atoms with van der Waals surface area (Å²) in [6.07, 6.45) is 0. The van der Waals surface area contributed by atoms with Crippen LogP contribution in [0.3, 0.4) is 0 Å². The van der Waals surface area contributed by atoms with Crippen LogP contribution in [0.15, 0.2) is 60.7 Å². The van der Waals surface area contributed by atoms with E-state index in [-0.39, 0.29) is 30.5 Å². The van der Waals surface area contributed by atoms with Crippen LogP contribution < -0.4 is 29.0 Å². The van der Waals surface area contributed by atoms with Crippen LogP contribution >= 0.6 is 0 Å². The lowest BCUT2D eigenvalue weighted by Crippen LogP contribution is -2.20. The second-order valence-corrected chi connectivity index (χ2v) is 6.61. The second kappa shape index (κ2) is 9.25. The average molecular weight is 439 g/mol. The van der Waals surface area contributed by atoms with Gasteiger partial charge >= 0.3 is 5.97 Å². The van der Waals surface area contributed by atoms with Crippen molar-refractivity contribution in [3.05, 3.63) is 72.0 Å². The zero-order valence-corrected chi connectivity index (χ0v) is 16.9. The maximum Gasteiger partial charge on any atom is 0.343 e. The summed E-state index contributed by atoms with van der Waals surface area (Å²) in [4.78, 5) is 24.6. The third kappa shape index (κ3) is 4.89. The number of amides is 1. The van der Waals surface area contributed by atoms with Gasteiger partial charge in [0, 0.05) is 11.8 Å². The minimum absolute atomic E-state index is 0.118. The number of ether oxygens (including phenoxy) is 5. The zero-order chi connectivity index (χ0) is 22.5. The van der Waals surface area contributed by atoms with Crippen LogP contribution in [-0.4, -0.2) is 32.4 Å². The fraction of sp³-hybridized carbons (Fsp3) is 0.130. The van der Waals surface area contributed by atoms with E-state index in [4.69, 9.17) is 23.7 Å². The molecule has 0 fully saturated rings. The van der Waals surface area contributed by atoms with E-state index in [1.807, 2.05) is 0 Å². The van der Waals surface area contributed by atoms with E-state index >= 15 is 0 Å². The lowest BCUT2D eigenvalue weighted by atomic mass is 10.2. The smallest absolute Gasteiger partial charge is 0.343 e. The molecule has 0 unspecified atom stereocenters. The quantitative estimate of drug-likeness (QED) is 0.442. The Hall–Kier alpha value is -4.27. The van der Waals surface area contributed by atoms with Crippen molar-refractivity contribution in [1.29, 1.82) is 0 Å². The average Bonchev–Trinajstić information content (AvgIpc) is 3.27. The van der Waals surface area contributed by atoms with Gasteiger partial charge in [0.2, 0.25) is 6.79 Å². The summed E-state index contributed by atoms with van der Waals surface area (Å²) < 4.78 is 39.6. The number of nitrogens with one attached hydrogen (secondary N) is 1. The van der Waals surface area contributed by atoms with Crippen LogP contribution in [0.25, 0.3) is 0 Å². The first-order valence-electron chi connectivity index (χ1n) is 9.50. The van der Waals surface area contributed by atoms with Gasteiger partial charge in [-0.3, -0.25) is 4.79 Å². The van der Waals surface area contributed by atoms with Gasteiger partial charge in [-0.15, -0.1) is 0 Å². The van der Waals surface area contributed by atoms with Crippen molar-refractivity contribution in [2.45, 2.75) is 0 Å². The van der Waals surface area contributed by atoms with Crippen molar-refractivity contribution in [2.24, 2.45) is 0 Å². The van der Waals surface area contributed by atoms with E-state index in [0.29, 0.717) is 22.9 Å². The number of rotatable bonds is 7. The van der Waals surface area contributed by atoms with Crippen molar-refractivity contribution in [1.82, 2.24) is 0 Å². The molecule has 1 amide bonds. The number of halogens is 1. The van der Waals surface area contributed by atoms with E-state index in [9.17, 15) is 14.0 Å². The molecule has 4 rings (SSSR count). The molecule has 0 atom stereocenters. The normalized spacial score (nSPS) is 11.6. The van der Waals surface area contributed by atoms with Gasteiger partial charge in [0.1, 0.15) is 11.6 Å². The molecule has 0 bridgehead atoms. The number of hydrogen-bond acceptors (Lipinski definition) is 7. The first-order valence-corrected chi connectivity index (χ1v) is 9.50. The van der Waals surface area contributed by atoms with Crippen molar-refractivity contribution in [3.63, 3.8) is 0 Å². The van der Waals surface area contributed by atoms with Gasteiger partial charge in [-0.2, -0.15) is 0 Å². The molecule has 0 saturated heterocycles. The Morgan fingerprint density at radius 2 is 1.75 bits per heavy atom. The molecular weight excluding hydrogens is 421 g/mol. The fourth-order valence-corrected chi connectivity index (χ4v) is 2.89. The van der Waals surface area contributed by atoms with Crippen LogP contribution in [-0.2, 0) is 4.79 Å². The van der Waals surface area contributed by atoms with Gasteiger partial charge < -0.3 is 29.0 Å². The summed E-state index contributed by atoms with van der Waals surface area (Å²) in [5.74, 6) is 0.443. The highest BCUT2D eigenvalue weighted by Gasteiger charge is 2.17. The number of benzene rings is 3. The third-order valence-electron chi connectivity index (χ3n) is 4.44. The Morgan fingerprint density at radius 3 is 2.53 bits per heavy atom. The van der Waals surface area contributed by atoms with Crippen LogP contribution in [0.4, 0.5) is 10.1 Å². The molecule has 8 nitrogen and oxygen atoms in total. The van der Waals surface area contributed by atoms with Crippen molar-refractivity contribution >= 4 is 17.6 Å². The van der Waals surface area contributed by atoms with Gasteiger partial charge in [-0.05, 0) is 54.6 Å². The number of fused-ring (bicyclic) bond motifs is 1. The standard InChI is InChI=1S/C23H18FNO7/c1-28-20-10-14(23(27)32-17-7-9-19-21(11-17)31-13-30-19)2-8-18(20)29-12-22(26)25-16-5-3-15(24)4-6-16/h2-11H,12-13H2,1H3,(H,25,26). The number of methoxy groups -OCH3 is 1. The summed E-state index contributed by atoms with van der Waals surface area (Å²) in [6, 6.07) is 14.6. The third-order valence-corrected chi connectivity index (χ3v) is 4.44. The number of esters is 1.